The average molecular weight is 256 g/mol. The Morgan fingerprint density at radius 2 is 2.00 bits per heavy atom. The Balaban J connectivity index is 1.97. The molecule has 5 N–H and O–H groups in total. The first-order valence-electron chi connectivity index (χ1n) is 6.44. The van der Waals surface area contributed by atoms with Gasteiger partial charge in [0.05, 0.1) is 5.92 Å². The molecule has 0 aromatic heterocycles. The van der Waals surface area contributed by atoms with Crippen LogP contribution in [-0.2, 0) is 9.59 Å². The number of aliphatic hydroxyl groups excluding tert-OH is 1. The molecule has 0 radical (unpaired) electrons. The number of aliphatic hydroxyl groups is 1. The van der Waals surface area contributed by atoms with Crippen molar-refractivity contribution in [1.29, 1.82) is 0 Å². The first kappa shape index (κ1) is 13.3. The van der Waals surface area contributed by atoms with Crippen molar-refractivity contribution in [2.24, 2.45) is 23.5 Å². The highest BCUT2D eigenvalue weighted by molar-refractivity contribution is 5.86. The number of carbonyl (C=O) groups is 2. The number of hydrogen-bond acceptors (Lipinski definition) is 4. The molecule has 6 heteroatoms. The summed E-state index contributed by atoms with van der Waals surface area (Å²) in [6.45, 7) is -0.264. The van der Waals surface area contributed by atoms with E-state index in [2.05, 4.69) is 5.32 Å². The van der Waals surface area contributed by atoms with Crippen molar-refractivity contribution >= 4 is 11.9 Å². The lowest BCUT2D eigenvalue weighted by Gasteiger charge is -2.28. The summed E-state index contributed by atoms with van der Waals surface area (Å²) in [5.74, 6) is -0.936. The van der Waals surface area contributed by atoms with Crippen molar-refractivity contribution in [3.05, 3.63) is 0 Å². The lowest BCUT2D eigenvalue weighted by molar-refractivity contribution is -0.143. The van der Waals surface area contributed by atoms with Crippen molar-refractivity contribution in [3.8, 4) is 0 Å². The van der Waals surface area contributed by atoms with E-state index in [9.17, 15) is 9.59 Å². The molecule has 1 amide bonds. The summed E-state index contributed by atoms with van der Waals surface area (Å²) in [5, 5.41) is 20.2. The third kappa shape index (κ3) is 2.35. The topological polar surface area (TPSA) is 113 Å². The molecule has 0 aliphatic heterocycles. The van der Waals surface area contributed by atoms with Crippen LogP contribution in [0.4, 0.5) is 0 Å². The Morgan fingerprint density at radius 3 is 2.50 bits per heavy atom. The molecule has 2 saturated carbocycles. The Hall–Kier alpha value is -1.14. The van der Waals surface area contributed by atoms with Crippen molar-refractivity contribution in [2.45, 2.75) is 37.8 Å². The van der Waals surface area contributed by atoms with Crippen LogP contribution in [0.15, 0.2) is 0 Å². The molecule has 2 bridgehead atoms. The maximum atomic E-state index is 12.1. The van der Waals surface area contributed by atoms with E-state index in [1.165, 1.54) is 0 Å². The third-order valence-electron chi connectivity index (χ3n) is 4.32. The highest BCUT2D eigenvalue weighted by Gasteiger charge is 2.49. The largest absolute Gasteiger partial charge is 0.480 e. The van der Waals surface area contributed by atoms with Crippen LogP contribution in [-0.4, -0.2) is 40.8 Å². The second-order valence-corrected chi connectivity index (χ2v) is 5.35. The molecule has 0 spiro atoms. The molecule has 2 aliphatic rings. The van der Waals surface area contributed by atoms with E-state index in [-0.39, 0.29) is 30.9 Å². The Labute approximate surface area is 106 Å². The fourth-order valence-corrected chi connectivity index (χ4v) is 3.38. The summed E-state index contributed by atoms with van der Waals surface area (Å²) < 4.78 is 0. The van der Waals surface area contributed by atoms with Crippen LogP contribution in [0, 0.1) is 17.8 Å². The third-order valence-corrected chi connectivity index (χ3v) is 4.32. The van der Waals surface area contributed by atoms with Gasteiger partial charge in [0.1, 0.15) is 6.04 Å². The van der Waals surface area contributed by atoms with Crippen molar-refractivity contribution < 1.29 is 19.8 Å². The maximum absolute atomic E-state index is 12.1. The van der Waals surface area contributed by atoms with E-state index in [4.69, 9.17) is 15.9 Å². The Kier molecular flexibility index (Phi) is 3.87. The molecule has 0 aromatic carbocycles. The van der Waals surface area contributed by atoms with Gasteiger partial charge in [0.2, 0.25) is 5.91 Å². The van der Waals surface area contributed by atoms with Crippen LogP contribution in [0.1, 0.15) is 25.7 Å². The van der Waals surface area contributed by atoms with E-state index in [0.29, 0.717) is 11.8 Å². The number of amides is 1. The fraction of sp³-hybridized carbons (Fsp3) is 0.833. The molecule has 102 valence electrons. The number of carbonyl (C=O) groups excluding carboxylic acids is 1. The number of carboxylic acid groups (broad SMARTS) is 1. The molecule has 2 fully saturated rings. The summed E-state index contributed by atoms with van der Waals surface area (Å²) in [7, 11) is 0. The zero-order chi connectivity index (χ0) is 13.3. The van der Waals surface area contributed by atoms with Gasteiger partial charge in [-0.05, 0) is 31.1 Å². The summed E-state index contributed by atoms with van der Waals surface area (Å²) in [4.78, 5) is 23.0. The first-order valence-corrected chi connectivity index (χ1v) is 6.44. The van der Waals surface area contributed by atoms with Crippen LogP contribution < -0.4 is 11.1 Å². The molecule has 18 heavy (non-hydrogen) atoms. The molecular weight excluding hydrogens is 236 g/mol. The van der Waals surface area contributed by atoms with E-state index in [1.807, 2.05) is 0 Å². The standard InChI is InChI=1S/C12H20N2O4/c13-10-7-2-1-6(5-7)9(10)11(16)14-8(3-4-15)12(17)18/h6-10,15H,1-5,13H2,(H,14,16)(H,17,18). The minimum atomic E-state index is -1.12. The normalized spacial score (nSPS) is 35.4. The minimum Gasteiger partial charge on any atom is -0.480 e. The molecular formula is C12H20N2O4. The van der Waals surface area contributed by atoms with Gasteiger partial charge < -0.3 is 21.3 Å². The highest BCUT2D eigenvalue weighted by Crippen LogP contribution is 2.47. The molecule has 5 atom stereocenters. The van der Waals surface area contributed by atoms with Crippen LogP contribution in [0.2, 0.25) is 0 Å². The zero-order valence-electron chi connectivity index (χ0n) is 10.2. The van der Waals surface area contributed by atoms with Crippen LogP contribution in [0.25, 0.3) is 0 Å². The predicted molar refractivity (Wildman–Crippen MR) is 63.6 cm³/mol. The molecule has 0 saturated heterocycles. The average Bonchev–Trinajstić information content (AvgIpc) is 2.88. The number of hydrogen-bond donors (Lipinski definition) is 4. The Bertz CT molecular complexity index is 345. The van der Waals surface area contributed by atoms with Gasteiger partial charge >= 0.3 is 5.97 Å². The van der Waals surface area contributed by atoms with Gasteiger partial charge in [-0.1, -0.05) is 0 Å². The number of nitrogens with one attached hydrogen (secondary N) is 1. The number of aliphatic carboxylic acids is 1. The van der Waals surface area contributed by atoms with Gasteiger partial charge in [-0.15, -0.1) is 0 Å². The summed E-state index contributed by atoms with van der Waals surface area (Å²) in [6.07, 6.45) is 3.09. The van der Waals surface area contributed by atoms with E-state index >= 15 is 0 Å². The van der Waals surface area contributed by atoms with Crippen LogP contribution >= 0.6 is 0 Å². The Morgan fingerprint density at radius 1 is 1.33 bits per heavy atom. The van der Waals surface area contributed by atoms with Crippen molar-refractivity contribution in [3.63, 3.8) is 0 Å². The SMILES string of the molecule is NC1C2CCC(C2)C1C(=O)NC(CCO)C(=O)O. The molecule has 0 heterocycles. The van der Waals surface area contributed by atoms with E-state index in [0.717, 1.165) is 19.3 Å². The quantitative estimate of drug-likeness (QED) is 0.520. The summed E-state index contributed by atoms with van der Waals surface area (Å²) in [6, 6.07) is -1.17. The first-order chi connectivity index (χ1) is 8.54. The van der Waals surface area contributed by atoms with Crippen LogP contribution in [0.5, 0.6) is 0 Å². The van der Waals surface area contributed by atoms with Crippen molar-refractivity contribution in [2.75, 3.05) is 6.61 Å². The summed E-state index contributed by atoms with van der Waals surface area (Å²) >= 11 is 0. The van der Waals surface area contributed by atoms with E-state index < -0.39 is 12.0 Å². The number of rotatable bonds is 5. The minimum absolute atomic E-state index is 0.0249. The second-order valence-electron chi connectivity index (χ2n) is 5.35. The predicted octanol–water partition coefficient (Wildman–Crippen LogP) is -0.688. The van der Waals surface area contributed by atoms with Gasteiger partial charge in [0.25, 0.3) is 0 Å². The smallest absolute Gasteiger partial charge is 0.326 e. The fourth-order valence-electron chi connectivity index (χ4n) is 3.38. The van der Waals surface area contributed by atoms with Crippen LogP contribution in [0.3, 0.4) is 0 Å². The molecule has 5 unspecified atom stereocenters. The monoisotopic (exact) mass is 256 g/mol. The molecule has 2 rings (SSSR count). The lowest BCUT2D eigenvalue weighted by atomic mass is 9.84. The van der Waals surface area contributed by atoms with E-state index in [1.54, 1.807) is 0 Å². The van der Waals surface area contributed by atoms with Crippen molar-refractivity contribution in [1.82, 2.24) is 5.32 Å². The van der Waals surface area contributed by atoms with Gasteiger partial charge in [-0.3, -0.25) is 4.79 Å². The van der Waals surface area contributed by atoms with Gasteiger partial charge in [-0.2, -0.15) is 0 Å². The molecule has 6 nitrogen and oxygen atoms in total. The zero-order valence-corrected chi connectivity index (χ0v) is 10.2. The number of carboxylic acids is 1. The second kappa shape index (κ2) is 5.24. The lowest BCUT2D eigenvalue weighted by Crippen LogP contribution is -2.50. The maximum Gasteiger partial charge on any atom is 0.326 e. The molecule has 0 aromatic rings. The highest BCUT2D eigenvalue weighted by atomic mass is 16.4. The number of nitrogens with two attached hydrogens (primary N) is 1. The van der Waals surface area contributed by atoms with Gasteiger partial charge in [0.15, 0.2) is 0 Å². The summed E-state index contributed by atoms with van der Waals surface area (Å²) in [5.41, 5.74) is 6.03. The van der Waals surface area contributed by atoms with Gasteiger partial charge in [0, 0.05) is 19.1 Å². The van der Waals surface area contributed by atoms with Gasteiger partial charge in [-0.25, -0.2) is 4.79 Å². The molecule has 2 aliphatic carbocycles. The number of fused-ring (bicyclic) bond motifs is 2.